The number of carbonyl (C=O) groups excluding carboxylic acids is 1. The summed E-state index contributed by atoms with van der Waals surface area (Å²) >= 11 is 0. The Balaban J connectivity index is 1.80. The fourth-order valence-electron chi connectivity index (χ4n) is 2.18. The molecule has 0 bridgehead atoms. The highest BCUT2D eigenvalue weighted by atomic mass is 19.1. The van der Waals surface area contributed by atoms with Crippen LogP contribution in [0.3, 0.4) is 0 Å². The van der Waals surface area contributed by atoms with Crippen LogP contribution >= 0.6 is 0 Å². The van der Waals surface area contributed by atoms with Crippen LogP contribution in [0.2, 0.25) is 0 Å². The number of aromatic nitrogens is 4. The van der Waals surface area contributed by atoms with E-state index in [-0.39, 0.29) is 11.7 Å². The van der Waals surface area contributed by atoms with Crippen LogP contribution in [0.15, 0.2) is 48.5 Å². The van der Waals surface area contributed by atoms with Gasteiger partial charge >= 0.3 is 0 Å². The van der Waals surface area contributed by atoms with Gasteiger partial charge in [-0.15, -0.1) is 5.10 Å². The van der Waals surface area contributed by atoms with Gasteiger partial charge in [-0.2, -0.15) is 4.68 Å². The second-order valence-electron chi connectivity index (χ2n) is 4.96. The third-order valence-electron chi connectivity index (χ3n) is 3.37. The van der Waals surface area contributed by atoms with E-state index in [1.54, 1.807) is 37.3 Å². The van der Waals surface area contributed by atoms with Crippen molar-refractivity contribution in [2.75, 3.05) is 0 Å². The number of amides is 1. The number of halogens is 1. The summed E-state index contributed by atoms with van der Waals surface area (Å²) < 4.78 is 14.4. The van der Waals surface area contributed by atoms with Crippen LogP contribution in [0.4, 0.5) is 4.39 Å². The normalized spacial score (nSPS) is 10.5. The maximum Gasteiger partial charge on any atom is 0.253 e. The molecule has 0 atom stereocenters. The van der Waals surface area contributed by atoms with Gasteiger partial charge in [0.15, 0.2) is 5.82 Å². The summed E-state index contributed by atoms with van der Waals surface area (Å²) in [6.45, 7) is 2.06. The molecule has 0 aliphatic rings. The highest BCUT2D eigenvalue weighted by Crippen LogP contribution is 2.14. The monoisotopic (exact) mass is 311 g/mol. The first kappa shape index (κ1) is 14.8. The Morgan fingerprint density at radius 2 is 1.91 bits per heavy atom. The summed E-state index contributed by atoms with van der Waals surface area (Å²) in [5, 5.41) is 14.1. The number of hydrogen-bond donors (Lipinski definition) is 1. The Hall–Kier alpha value is -3.09. The van der Waals surface area contributed by atoms with Crippen molar-refractivity contribution in [3.63, 3.8) is 0 Å². The molecule has 3 rings (SSSR count). The molecule has 0 fully saturated rings. The lowest BCUT2D eigenvalue weighted by molar-refractivity contribution is 0.0950. The molecule has 23 heavy (non-hydrogen) atoms. The van der Waals surface area contributed by atoms with E-state index in [1.807, 2.05) is 6.07 Å². The van der Waals surface area contributed by atoms with Crippen LogP contribution in [-0.2, 0) is 6.54 Å². The Bertz CT molecular complexity index is 828. The molecule has 0 spiro atoms. The fraction of sp³-hybridized carbons (Fsp3) is 0.125. The zero-order chi connectivity index (χ0) is 16.2. The quantitative estimate of drug-likeness (QED) is 0.800. The molecular formula is C16H14FN5O. The topological polar surface area (TPSA) is 72.7 Å². The molecule has 6 nitrogen and oxygen atoms in total. The Labute approximate surface area is 132 Å². The molecule has 0 saturated heterocycles. The first-order valence-electron chi connectivity index (χ1n) is 7.02. The maximum absolute atomic E-state index is 12.9. The lowest BCUT2D eigenvalue weighted by Gasteiger charge is -2.10. The van der Waals surface area contributed by atoms with Gasteiger partial charge in [0.2, 0.25) is 0 Å². The summed E-state index contributed by atoms with van der Waals surface area (Å²) in [6, 6.07) is 13.1. The standard InChI is InChI=1S/C16H14FN5O/c1-11-19-20-21-22(11)15-5-3-2-4-14(15)16(23)18-10-12-6-8-13(17)9-7-12/h2-9H,10H2,1H3,(H,18,23). The summed E-state index contributed by atoms with van der Waals surface area (Å²) in [5.74, 6) is 0.0307. The van der Waals surface area contributed by atoms with Crippen LogP contribution in [0.25, 0.3) is 5.69 Å². The van der Waals surface area contributed by atoms with Gasteiger partial charge in [-0.3, -0.25) is 4.79 Å². The number of tetrazole rings is 1. The van der Waals surface area contributed by atoms with Crippen LogP contribution in [0, 0.1) is 12.7 Å². The van der Waals surface area contributed by atoms with E-state index in [9.17, 15) is 9.18 Å². The molecule has 1 N–H and O–H groups in total. The average Bonchev–Trinajstić information content (AvgIpc) is 3.00. The van der Waals surface area contributed by atoms with Crippen molar-refractivity contribution in [2.45, 2.75) is 13.5 Å². The van der Waals surface area contributed by atoms with Gasteiger partial charge < -0.3 is 5.32 Å². The number of nitrogens with one attached hydrogen (secondary N) is 1. The number of carbonyl (C=O) groups is 1. The predicted octanol–water partition coefficient (Wildman–Crippen LogP) is 2.04. The van der Waals surface area contributed by atoms with Gasteiger partial charge in [0.05, 0.1) is 11.3 Å². The molecule has 0 unspecified atom stereocenters. The molecular weight excluding hydrogens is 297 g/mol. The van der Waals surface area contributed by atoms with E-state index in [0.717, 1.165) is 5.56 Å². The first-order valence-corrected chi connectivity index (χ1v) is 7.02. The molecule has 7 heteroatoms. The second kappa shape index (κ2) is 6.35. The van der Waals surface area contributed by atoms with Crippen LogP contribution in [0.5, 0.6) is 0 Å². The Morgan fingerprint density at radius 1 is 1.17 bits per heavy atom. The van der Waals surface area contributed by atoms with Crippen LogP contribution < -0.4 is 5.32 Å². The molecule has 0 saturated carbocycles. The zero-order valence-electron chi connectivity index (χ0n) is 12.4. The van der Waals surface area contributed by atoms with Crippen molar-refractivity contribution < 1.29 is 9.18 Å². The smallest absolute Gasteiger partial charge is 0.253 e. The van der Waals surface area contributed by atoms with E-state index in [0.29, 0.717) is 23.6 Å². The summed E-state index contributed by atoms with van der Waals surface area (Å²) in [6.07, 6.45) is 0. The Kier molecular flexibility index (Phi) is 4.09. The third kappa shape index (κ3) is 3.23. The van der Waals surface area contributed by atoms with Gasteiger partial charge in [0.25, 0.3) is 5.91 Å². The predicted molar refractivity (Wildman–Crippen MR) is 81.5 cm³/mol. The fourth-order valence-corrected chi connectivity index (χ4v) is 2.18. The van der Waals surface area contributed by atoms with Crippen molar-refractivity contribution in [2.24, 2.45) is 0 Å². The SMILES string of the molecule is Cc1nnnn1-c1ccccc1C(=O)NCc1ccc(F)cc1. The minimum atomic E-state index is -0.306. The summed E-state index contributed by atoms with van der Waals surface area (Å²) in [7, 11) is 0. The van der Waals surface area contributed by atoms with Crippen molar-refractivity contribution >= 4 is 5.91 Å². The van der Waals surface area contributed by atoms with Crippen LogP contribution in [0.1, 0.15) is 21.7 Å². The number of nitrogens with zero attached hydrogens (tertiary/aromatic N) is 4. The maximum atomic E-state index is 12.9. The van der Waals surface area contributed by atoms with Crippen molar-refractivity contribution in [1.29, 1.82) is 0 Å². The van der Waals surface area contributed by atoms with E-state index >= 15 is 0 Å². The highest BCUT2D eigenvalue weighted by molar-refractivity contribution is 5.97. The molecule has 0 aliphatic heterocycles. The second-order valence-corrected chi connectivity index (χ2v) is 4.96. The number of aryl methyl sites for hydroxylation is 1. The van der Waals surface area contributed by atoms with Crippen LogP contribution in [-0.4, -0.2) is 26.1 Å². The molecule has 0 radical (unpaired) electrons. The highest BCUT2D eigenvalue weighted by Gasteiger charge is 2.14. The lowest BCUT2D eigenvalue weighted by Crippen LogP contribution is -2.24. The molecule has 3 aromatic rings. The van der Waals surface area contributed by atoms with Gasteiger partial charge in [0, 0.05) is 6.54 Å². The number of hydrogen-bond acceptors (Lipinski definition) is 4. The first-order chi connectivity index (χ1) is 11.1. The minimum absolute atomic E-state index is 0.250. The van der Waals surface area contributed by atoms with Gasteiger partial charge in [-0.05, 0) is 47.2 Å². The lowest BCUT2D eigenvalue weighted by atomic mass is 10.1. The molecule has 1 aromatic heterocycles. The van der Waals surface area contributed by atoms with Crippen molar-refractivity contribution in [3.8, 4) is 5.69 Å². The zero-order valence-corrected chi connectivity index (χ0v) is 12.4. The number of rotatable bonds is 4. The number of benzene rings is 2. The molecule has 1 heterocycles. The third-order valence-corrected chi connectivity index (χ3v) is 3.37. The van der Waals surface area contributed by atoms with Crippen molar-refractivity contribution in [3.05, 3.63) is 71.3 Å². The average molecular weight is 311 g/mol. The number of para-hydroxylation sites is 1. The Morgan fingerprint density at radius 3 is 2.61 bits per heavy atom. The van der Waals surface area contributed by atoms with E-state index < -0.39 is 0 Å². The van der Waals surface area contributed by atoms with Gasteiger partial charge in [0.1, 0.15) is 5.82 Å². The summed E-state index contributed by atoms with van der Waals surface area (Å²) in [5.41, 5.74) is 1.88. The van der Waals surface area contributed by atoms with Gasteiger partial charge in [-0.25, -0.2) is 4.39 Å². The van der Waals surface area contributed by atoms with Gasteiger partial charge in [-0.1, -0.05) is 24.3 Å². The van der Waals surface area contributed by atoms with E-state index in [4.69, 9.17) is 0 Å². The minimum Gasteiger partial charge on any atom is -0.348 e. The molecule has 2 aromatic carbocycles. The molecule has 1 amide bonds. The summed E-state index contributed by atoms with van der Waals surface area (Å²) in [4.78, 5) is 12.4. The molecule has 116 valence electrons. The van der Waals surface area contributed by atoms with E-state index in [1.165, 1.54) is 16.8 Å². The van der Waals surface area contributed by atoms with E-state index in [2.05, 4.69) is 20.8 Å². The largest absolute Gasteiger partial charge is 0.348 e. The molecule has 0 aliphatic carbocycles. The van der Waals surface area contributed by atoms with Crippen molar-refractivity contribution in [1.82, 2.24) is 25.5 Å².